The minimum absolute atomic E-state index is 0.0238. The highest BCUT2D eigenvalue weighted by molar-refractivity contribution is 5.91. The standard InChI is InChI=1S/C32H38N4O5/c37-25(19-24(16-21-8-2-1-3-9-21)35-30(38)28-12-6-14-33-28)18-22(31(39)36-15-7-13-29(36)32(40)41)17-23-20-34-27-11-5-4-10-26(23)27/h1-5,8-11,20,22,24,28-29,33-34H,6-7,12-19H2,(H,35,38)(H,40,41). The molecule has 216 valence electrons. The number of carboxylic acid groups (broad SMARTS) is 1. The number of hydrogen-bond donors (Lipinski definition) is 4. The normalized spacial score (nSPS) is 20.1. The number of amides is 2. The van der Waals surface area contributed by atoms with E-state index < -0.39 is 24.0 Å². The second-order valence-corrected chi connectivity index (χ2v) is 11.3. The average Bonchev–Trinajstić information content (AvgIpc) is 3.74. The number of Topliss-reactive ketones (excluding diaryl/α,β-unsaturated/α-hetero) is 1. The fraction of sp³-hybridized carbons (Fsp3) is 0.438. The highest BCUT2D eigenvalue weighted by Gasteiger charge is 2.38. The predicted octanol–water partition coefficient (Wildman–Crippen LogP) is 3.23. The van der Waals surface area contributed by atoms with Crippen molar-refractivity contribution < 1.29 is 24.3 Å². The molecule has 9 nitrogen and oxygen atoms in total. The van der Waals surface area contributed by atoms with Crippen LogP contribution in [0.25, 0.3) is 10.9 Å². The second kappa shape index (κ2) is 13.1. The van der Waals surface area contributed by atoms with Gasteiger partial charge in [0.15, 0.2) is 0 Å². The van der Waals surface area contributed by atoms with E-state index in [0.29, 0.717) is 32.2 Å². The van der Waals surface area contributed by atoms with Crippen molar-refractivity contribution in [3.63, 3.8) is 0 Å². The number of aromatic amines is 1. The zero-order chi connectivity index (χ0) is 28.8. The molecule has 2 aliphatic rings. The maximum absolute atomic E-state index is 13.8. The average molecular weight is 559 g/mol. The van der Waals surface area contributed by atoms with Crippen molar-refractivity contribution in [1.82, 2.24) is 20.5 Å². The molecule has 0 bridgehead atoms. The Morgan fingerprint density at radius 1 is 0.951 bits per heavy atom. The number of fused-ring (bicyclic) bond motifs is 1. The SMILES string of the molecule is O=C(CC(Cc1ccccc1)NC(=O)C1CCCN1)CC(Cc1c[nH]c2ccccc12)C(=O)N1CCCC1C(=O)O. The molecule has 1 aromatic heterocycles. The first-order chi connectivity index (χ1) is 19.9. The molecule has 2 aliphatic heterocycles. The van der Waals surface area contributed by atoms with Gasteiger partial charge in [-0.05, 0) is 62.3 Å². The first-order valence-corrected chi connectivity index (χ1v) is 14.6. The van der Waals surface area contributed by atoms with Crippen molar-refractivity contribution in [2.75, 3.05) is 13.1 Å². The summed E-state index contributed by atoms with van der Waals surface area (Å²) < 4.78 is 0. The Hall–Kier alpha value is -3.98. The van der Waals surface area contributed by atoms with Crippen LogP contribution in [0.1, 0.15) is 49.7 Å². The first kappa shape index (κ1) is 28.5. The highest BCUT2D eigenvalue weighted by atomic mass is 16.4. The van der Waals surface area contributed by atoms with Crippen LogP contribution in [0.15, 0.2) is 60.8 Å². The number of nitrogens with zero attached hydrogens (tertiary/aromatic N) is 1. The minimum atomic E-state index is -1.01. The van der Waals surface area contributed by atoms with E-state index in [9.17, 15) is 24.3 Å². The Balaban J connectivity index is 1.34. The molecule has 3 heterocycles. The summed E-state index contributed by atoms with van der Waals surface area (Å²) in [5.74, 6) is -2.25. The first-order valence-electron chi connectivity index (χ1n) is 14.6. The van der Waals surface area contributed by atoms with Crippen molar-refractivity contribution >= 4 is 34.5 Å². The van der Waals surface area contributed by atoms with Gasteiger partial charge in [-0.2, -0.15) is 0 Å². The van der Waals surface area contributed by atoms with Crippen molar-refractivity contribution in [2.45, 2.75) is 69.5 Å². The maximum Gasteiger partial charge on any atom is 0.326 e. The number of para-hydroxylation sites is 1. The number of carboxylic acids is 1. The second-order valence-electron chi connectivity index (χ2n) is 11.3. The largest absolute Gasteiger partial charge is 0.480 e. The van der Waals surface area contributed by atoms with Crippen molar-refractivity contribution in [1.29, 1.82) is 0 Å². The molecule has 2 fully saturated rings. The molecule has 0 spiro atoms. The Morgan fingerprint density at radius 3 is 2.49 bits per heavy atom. The van der Waals surface area contributed by atoms with Crippen LogP contribution in [0.4, 0.5) is 0 Å². The lowest BCUT2D eigenvalue weighted by Crippen LogP contribution is -2.47. The summed E-state index contributed by atoms with van der Waals surface area (Å²) in [5, 5.41) is 17.0. The number of aliphatic carboxylic acids is 1. The third kappa shape index (κ3) is 7.03. The molecule has 0 aliphatic carbocycles. The van der Waals surface area contributed by atoms with Crippen LogP contribution in [-0.2, 0) is 32.0 Å². The van der Waals surface area contributed by atoms with Gasteiger partial charge >= 0.3 is 5.97 Å². The lowest BCUT2D eigenvalue weighted by atomic mass is 9.89. The van der Waals surface area contributed by atoms with Crippen LogP contribution in [0.3, 0.4) is 0 Å². The zero-order valence-corrected chi connectivity index (χ0v) is 23.2. The number of aromatic nitrogens is 1. The lowest BCUT2D eigenvalue weighted by molar-refractivity contribution is -0.150. The molecule has 2 amide bonds. The number of likely N-dealkylation sites (tertiary alicyclic amines) is 1. The maximum atomic E-state index is 13.8. The third-order valence-electron chi connectivity index (χ3n) is 8.31. The molecule has 0 radical (unpaired) electrons. The summed E-state index contributed by atoms with van der Waals surface area (Å²) >= 11 is 0. The quantitative estimate of drug-likeness (QED) is 0.270. The summed E-state index contributed by atoms with van der Waals surface area (Å²) in [6.07, 6.45) is 5.48. The summed E-state index contributed by atoms with van der Waals surface area (Å²) in [7, 11) is 0. The van der Waals surface area contributed by atoms with E-state index in [1.165, 1.54) is 4.90 Å². The van der Waals surface area contributed by atoms with E-state index in [2.05, 4.69) is 15.6 Å². The Bertz CT molecular complexity index is 1380. The number of nitrogens with one attached hydrogen (secondary N) is 3. The third-order valence-corrected chi connectivity index (χ3v) is 8.31. The molecule has 4 atom stereocenters. The van der Waals surface area contributed by atoms with E-state index in [-0.39, 0.29) is 36.5 Å². The smallest absolute Gasteiger partial charge is 0.326 e. The van der Waals surface area contributed by atoms with Gasteiger partial charge < -0.3 is 25.6 Å². The number of ketones is 1. The Labute approximate surface area is 239 Å². The number of benzene rings is 2. The minimum Gasteiger partial charge on any atom is -0.480 e. The van der Waals surface area contributed by atoms with Crippen LogP contribution < -0.4 is 10.6 Å². The topological polar surface area (TPSA) is 132 Å². The summed E-state index contributed by atoms with van der Waals surface area (Å²) in [5.41, 5.74) is 2.87. The van der Waals surface area contributed by atoms with E-state index >= 15 is 0 Å². The van der Waals surface area contributed by atoms with E-state index in [0.717, 1.165) is 41.4 Å². The van der Waals surface area contributed by atoms with Crippen LogP contribution in [-0.4, -0.2) is 69.8 Å². The van der Waals surface area contributed by atoms with Gasteiger partial charge in [0, 0.05) is 48.4 Å². The number of H-pyrrole nitrogens is 1. The zero-order valence-electron chi connectivity index (χ0n) is 23.2. The molecule has 4 unspecified atom stereocenters. The van der Waals surface area contributed by atoms with Crippen molar-refractivity contribution in [2.24, 2.45) is 5.92 Å². The molecule has 4 N–H and O–H groups in total. The molecule has 3 aromatic rings. The summed E-state index contributed by atoms with van der Waals surface area (Å²) in [6.45, 7) is 1.17. The van der Waals surface area contributed by atoms with Gasteiger partial charge in [0.05, 0.1) is 6.04 Å². The van der Waals surface area contributed by atoms with Gasteiger partial charge in [-0.25, -0.2) is 4.79 Å². The van der Waals surface area contributed by atoms with Crippen LogP contribution in [0, 0.1) is 5.92 Å². The Kier molecular flexibility index (Phi) is 9.14. The van der Waals surface area contributed by atoms with Crippen molar-refractivity contribution in [3.05, 3.63) is 71.9 Å². The van der Waals surface area contributed by atoms with Crippen LogP contribution >= 0.6 is 0 Å². The predicted molar refractivity (Wildman–Crippen MR) is 155 cm³/mol. The highest BCUT2D eigenvalue weighted by Crippen LogP contribution is 2.27. The van der Waals surface area contributed by atoms with E-state index in [4.69, 9.17) is 0 Å². The fourth-order valence-electron chi connectivity index (χ4n) is 6.25. The van der Waals surface area contributed by atoms with E-state index in [1.807, 2.05) is 60.8 Å². The molecular formula is C32H38N4O5. The number of carbonyl (C=O) groups is 4. The van der Waals surface area contributed by atoms with Gasteiger partial charge in [0.25, 0.3) is 0 Å². The molecule has 2 saturated heterocycles. The van der Waals surface area contributed by atoms with Gasteiger partial charge in [-0.1, -0.05) is 48.5 Å². The van der Waals surface area contributed by atoms with E-state index in [1.54, 1.807) is 0 Å². The molecule has 41 heavy (non-hydrogen) atoms. The molecule has 5 rings (SSSR count). The van der Waals surface area contributed by atoms with Crippen LogP contribution in [0.5, 0.6) is 0 Å². The monoisotopic (exact) mass is 558 g/mol. The molecule has 0 saturated carbocycles. The molecule has 2 aromatic carbocycles. The molecular weight excluding hydrogens is 520 g/mol. The fourth-order valence-corrected chi connectivity index (χ4v) is 6.25. The van der Waals surface area contributed by atoms with Gasteiger partial charge in [0.1, 0.15) is 11.8 Å². The number of hydrogen-bond acceptors (Lipinski definition) is 5. The van der Waals surface area contributed by atoms with Gasteiger partial charge in [0.2, 0.25) is 11.8 Å². The van der Waals surface area contributed by atoms with Gasteiger partial charge in [-0.3, -0.25) is 14.4 Å². The summed E-state index contributed by atoms with van der Waals surface area (Å²) in [4.78, 5) is 56.9. The number of rotatable bonds is 12. The number of carbonyl (C=O) groups excluding carboxylic acids is 3. The van der Waals surface area contributed by atoms with Crippen molar-refractivity contribution in [3.8, 4) is 0 Å². The van der Waals surface area contributed by atoms with Gasteiger partial charge in [-0.15, -0.1) is 0 Å². The lowest BCUT2D eigenvalue weighted by Gasteiger charge is -2.27. The Morgan fingerprint density at radius 2 is 1.73 bits per heavy atom. The molecule has 9 heteroatoms. The van der Waals surface area contributed by atoms with Crippen LogP contribution in [0.2, 0.25) is 0 Å². The summed E-state index contributed by atoms with van der Waals surface area (Å²) in [6, 6.07) is 16.0.